The molecule has 2 aromatic heterocycles. The normalized spacial score (nSPS) is 22.4. The highest BCUT2D eigenvalue weighted by Gasteiger charge is 2.35. The molecule has 1 amide bonds. The van der Waals surface area contributed by atoms with Gasteiger partial charge in [0.25, 0.3) is 5.91 Å². The van der Waals surface area contributed by atoms with Crippen LogP contribution in [0.15, 0.2) is 12.1 Å². The molecule has 1 saturated carbocycles. The van der Waals surface area contributed by atoms with Gasteiger partial charge in [0.2, 0.25) is 0 Å². The van der Waals surface area contributed by atoms with E-state index in [1.807, 2.05) is 0 Å². The average molecular weight is 415 g/mol. The minimum atomic E-state index is -1.29. The molecule has 0 bridgehead atoms. The van der Waals surface area contributed by atoms with Gasteiger partial charge in [0, 0.05) is 26.1 Å². The van der Waals surface area contributed by atoms with E-state index in [0.29, 0.717) is 22.9 Å². The quantitative estimate of drug-likeness (QED) is 0.551. The van der Waals surface area contributed by atoms with Crippen molar-refractivity contribution in [2.75, 3.05) is 12.4 Å². The summed E-state index contributed by atoms with van der Waals surface area (Å²) in [4.78, 5) is 21.6. The lowest BCUT2D eigenvalue weighted by Crippen LogP contribution is -2.18. The maximum Gasteiger partial charge on any atom is 0.275 e. The van der Waals surface area contributed by atoms with Crippen LogP contribution in [0.3, 0.4) is 0 Å². The fourth-order valence-corrected chi connectivity index (χ4v) is 3.45. The molecular formula is C16H23FN5O5P. The zero-order valence-electron chi connectivity index (χ0n) is 15.5. The van der Waals surface area contributed by atoms with Crippen molar-refractivity contribution in [3.63, 3.8) is 0 Å². The summed E-state index contributed by atoms with van der Waals surface area (Å²) in [6, 6.07) is 3.25. The van der Waals surface area contributed by atoms with Gasteiger partial charge in [0.1, 0.15) is 24.4 Å². The number of aliphatic hydroxyl groups excluding tert-OH is 1. The Bertz CT molecular complexity index is 818. The number of carbonyl (C=O) groups excluding carboxylic acids is 1. The lowest BCUT2D eigenvalue weighted by atomic mass is 10.0. The van der Waals surface area contributed by atoms with Gasteiger partial charge in [-0.25, -0.2) is 9.07 Å². The van der Waals surface area contributed by atoms with Crippen LogP contribution in [0, 0.1) is 0 Å². The molecule has 3 N–H and O–H groups in total. The molecule has 0 radical (unpaired) electrons. The van der Waals surface area contributed by atoms with E-state index in [-0.39, 0.29) is 32.1 Å². The van der Waals surface area contributed by atoms with Crippen LogP contribution in [0.25, 0.3) is 0 Å². The molecule has 1 aliphatic rings. The molecule has 0 saturated heterocycles. The molecule has 3 rings (SSSR count). The number of aromatic nitrogens is 4. The van der Waals surface area contributed by atoms with Crippen molar-refractivity contribution in [1.82, 2.24) is 19.6 Å². The van der Waals surface area contributed by atoms with E-state index in [0.717, 1.165) is 0 Å². The molecule has 10 nitrogen and oxygen atoms in total. The van der Waals surface area contributed by atoms with Crippen molar-refractivity contribution in [1.29, 1.82) is 0 Å². The Balaban J connectivity index is 1.80. The van der Waals surface area contributed by atoms with Crippen LogP contribution < -0.4 is 5.32 Å². The summed E-state index contributed by atoms with van der Waals surface area (Å²) in [5.41, 5.74) is 1.49. The van der Waals surface area contributed by atoms with Crippen LogP contribution >= 0.6 is 9.03 Å². The van der Waals surface area contributed by atoms with Crippen LogP contribution in [0.2, 0.25) is 0 Å². The number of amides is 1. The molecule has 2 aromatic rings. The SMILES string of the molecule is COCc1cc(C(=O)Nc2cc(C3CC(O)C(F)C3)nn2COPO)n(C)n1. The number of carbonyl (C=O) groups is 1. The molecule has 1 aliphatic carbocycles. The van der Waals surface area contributed by atoms with Gasteiger partial charge in [-0.15, -0.1) is 0 Å². The summed E-state index contributed by atoms with van der Waals surface area (Å²) >= 11 is 0. The maximum absolute atomic E-state index is 13.7. The Labute approximate surface area is 162 Å². The van der Waals surface area contributed by atoms with E-state index in [9.17, 15) is 14.3 Å². The number of ether oxygens (including phenoxy) is 1. The van der Waals surface area contributed by atoms with Crippen molar-refractivity contribution in [3.8, 4) is 0 Å². The van der Waals surface area contributed by atoms with Gasteiger partial charge in [-0.2, -0.15) is 10.2 Å². The summed E-state index contributed by atoms with van der Waals surface area (Å²) < 4.78 is 26.5. The van der Waals surface area contributed by atoms with Gasteiger partial charge < -0.3 is 24.6 Å². The molecule has 0 aliphatic heterocycles. The van der Waals surface area contributed by atoms with Gasteiger partial charge in [0.05, 0.1) is 24.1 Å². The van der Waals surface area contributed by atoms with Crippen molar-refractivity contribution in [2.45, 2.75) is 44.4 Å². The second-order valence-corrected chi connectivity index (χ2v) is 7.07. The third-order valence-corrected chi connectivity index (χ3v) is 4.88. The molecule has 2 heterocycles. The van der Waals surface area contributed by atoms with E-state index in [2.05, 4.69) is 15.5 Å². The monoisotopic (exact) mass is 415 g/mol. The van der Waals surface area contributed by atoms with Crippen LogP contribution in [0.4, 0.5) is 10.2 Å². The third-order valence-electron chi connectivity index (χ3n) is 4.62. The fourth-order valence-electron chi connectivity index (χ4n) is 3.27. The van der Waals surface area contributed by atoms with Gasteiger partial charge in [-0.05, 0) is 18.9 Å². The minimum absolute atomic E-state index is 0.0841. The number of aliphatic hydroxyl groups is 1. The largest absolute Gasteiger partial charge is 0.390 e. The van der Waals surface area contributed by atoms with Gasteiger partial charge in [-0.1, -0.05) is 0 Å². The Morgan fingerprint density at radius 1 is 1.43 bits per heavy atom. The molecule has 4 unspecified atom stereocenters. The first-order valence-corrected chi connectivity index (χ1v) is 9.52. The number of methoxy groups -OCH3 is 1. The topological polar surface area (TPSA) is 124 Å². The minimum Gasteiger partial charge on any atom is -0.390 e. The van der Waals surface area contributed by atoms with Gasteiger partial charge in [-0.3, -0.25) is 9.48 Å². The highest BCUT2D eigenvalue weighted by atomic mass is 31.1. The fraction of sp³-hybridized carbons (Fsp3) is 0.562. The molecule has 1 fully saturated rings. The van der Waals surface area contributed by atoms with E-state index in [1.54, 1.807) is 19.2 Å². The van der Waals surface area contributed by atoms with E-state index in [1.165, 1.54) is 16.5 Å². The number of rotatable bonds is 8. The molecule has 0 spiro atoms. The first kappa shape index (κ1) is 20.8. The Hall–Kier alpha value is -1.91. The summed E-state index contributed by atoms with van der Waals surface area (Å²) in [5, 5.41) is 21.0. The standard InChI is InChI=1S/C16H23FN5O5P/c1-21-13(5-10(19-21)7-26-2)16(24)18-15-6-12(20-22(15)8-27-28-25)9-3-11(17)14(23)4-9/h5-6,9,11,14,23,25,28H,3-4,7-8H2,1-2H3,(H,18,24). The molecule has 12 heteroatoms. The van der Waals surface area contributed by atoms with Crippen molar-refractivity contribution >= 4 is 20.8 Å². The van der Waals surface area contributed by atoms with E-state index < -0.39 is 27.2 Å². The Morgan fingerprint density at radius 3 is 2.86 bits per heavy atom. The van der Waals surface area contributed by atoms with Gasteiger partial charge >= 0.3 is 0 Å². The predicted octanol–water partition coefficient (Wildman–Crippen LogP) is 1.07. The van der Waals surface area contributed by atoms with Crippen LogP contribution in [-0.2, 0) is 29.6 Å². The summed E-state index contributed by atoms with van der Waals surface area (Å²) in [7, 11) is 2.44. The summed E-state index contributed by atoms with van der Waals surface area (Å²) in [5.74, 6) is -0.334. The molecule has 28 heavy (non-hydrogen) atoms. The number of aryl methyl sites for hydroxylation is 1. The first-order valence-electron chi connectivity index (χ1n) is 8.66. The number of hydrogen-bond donors (Lipinski definition) is 3. The molecule has 4 atom stereocenters. The number of hydrogen-bond acceptors (Lipinski definition) is 7. The molecule has 0 aromatic carbocycles. The Morgan fingerprint density at radius 2 is 2.21 bits per heavy atom. The molecule has 154 valence electrons. The highest BCUT2D eigenvalue weighted by Crippen LogP contribution is 2.36. The smallest absolute Gasteiger partial charge is 0.275 e. The number of anilines is 1. The zero-order chi connectivity index (χ0) is 20.3. The second kappa shape index (κ2) is 9.06. The molecular weight excluding hydrogens is 392 g/mol. The van der Waals surface area contributed by atoms with Crippen LogP contribution in [0.5, 0.6) is 0 Å². The van der Waals surface area contributed by atoms with Crippen molar-refractivity contribution < 1.29 is 28.4 Å². The number of alkyl halides is 1. The van der Waals surface area contributed by atoms with E-state index >= 15 is 0 Å². The van der Waals surface area contributed by atoms with Crippen molar-refractivity contribution in [2.24, 2.45) is 7.05 Å². The Kier molecular flexibility index (Phi) is 6.73. The number of nitrogens with one attached hydrogen (secondary N) is 1. The number of halogens is 1. The number of nitrogens with zero attached hydrogens (tertiary/aromatic N) is 4. The maximum atomic E-state index is 13.7. The van der Waals surface area contributed by atoms with Crippen LogP contribution in [-0.4, -0.2) is 54.9 Å². The summed E-state index contributed by atoms with van der Waals surface area (Å²) in [6.45, 7) is 0.196. The predicted molar refractivity (Wildman–Crippen MR) is 98.6 cm³/mol. The third kappa shape index (κ3) is 4.56. The lowest BCUT2D eigenvalue weighted by molar-refractivity contribution is 0.101. The highest BCUT2D eigenvalue weighted by molar-refractivity contribution is 7.24. The second-order valence-electron chi connectivity index (χ2n) is 6.60. The average Bonchev–Trinajstić information content (AvgIpc) is 3.32. The summed E-state index contributed by atoms with van der Waals surface area (Å²) in [6.07, 6.45) is -1.89. The lowest BCUT2D eigenvalue weighted by Gasteiger charge is -2.08. The first-order chi connectivity index (χ1) is 13.4. The van der Waals surface area contributed by atoms with Gasteiger partial charge in [0.15, 0.2) is 9.03 Å². The van der Waals surface area contributed by atoms with Crippen molar-refractivity contribution in [3.05, 3.63) is 29.2 Å². The zero-order valence-corrected chi connectivity index (χ0v) is 16.5. The van der Waals surface area contributed by atoms with Crippen LogP contribution in [0.1, 0.15) is 40.6 Å². The van der Waals surface area contributed by atoms with E-state index in [4.69, 9.17) is 14.2 Å².